The zero-order chi connectivity index (χ0) is 19.9. The van der Waals surface area contributed by atoms with Crippen LogP contribution in [0.5, 0.6) is 0 Å². The maximum atomic E-state index is 10.3. The lowest BCUT2D eigenvalue weighted by Crippen LogP contribution is -2.43. The Bertz CT molecular complexity index is 924. The second-order valence-electron chi connectivity index (χ2n) is 6.31. The zero-order valence-electron chi connectivity index (χ0n) is 15.2. The van der Waals surface area contributed by atoms with Gasteiger partial charge in [-0.2, -0.15) is 0 Å². The maximum Gasteiger partial charge on any atom is 0.476 e. The van der Waals surface area contributed by atoms with Crippen LogP contribution in [0.25, 0.3) is 10.9 Å². The number of nitrogens with zero attached hydrogens (tertiary/aromatic N) is 3. The van der Waals surface area contributed by atoms with Gasteiger partial charge >= 0.3 is 6.17 Å². The minimum Gasteiger partial charge on any atom is -0.368 e. The topological polar surface area (TPSA) is 117 Å². The van der Waals surface area contributed by atoms with Crippen LogP contribution in [0.3, 0.4) is 0 Å². The number of nitrogens with one attached hydrogen (secondary N) is 2. The highest BCUT2D eigenvalue weighted by Gasteiger charge is 2.33. The predicted molar refractivity (Wildman–Crippen MR) is 107 cm³/mol. The summed E-state index contributed by atoms with van der Waals surface area (Å²) in [6.45, 7) is 4.37. The van der Waals surface area contributed by atoms with E-state index < -0.39 is 16.0 Å². The molecule has 0 amide bonds. The molecular weight excluding hydrogens is 362 g/mol. The lowest BCUT2D eigenvalue weighted by molar-refractivity contribution is -0.752. The lowest BCUT2D eigenvalue weighted by atomic mass is 10.2. The molecule has 0 spiro atoms. The largest absolute Gasteiger partial charge is 0.476 e. The summed E-state index contributed by atoms with van der Waals surface area (Å²) in [6, 6.07) is 16.0. The molecule has 28 heavy (non-hydrogen) atoms. The molecule has 146 valence electrons. The number of benzene rings is 2. The second kappa shape index (κ2) is 8.96. The quantitative estimate of drug-likeness (QED) is 0.406. The van der Waals surface area contributed by atoms with Gasteiger partial charge in [-0.25, -0.2) is 0 Å². The van der Waals surface area contributed by atoms with E-state index in [0.717, 1.165) is 26.2 Å². The van der Waals surface area contributed by atoms with Crippen LogP contribution in [0.15, 0.2) is 60.8 Å². The van der Waals surface area contributed by atoms with Crippen molar-refractivity contribution in [2.75, 3.05) is 31.1 Å². The average Bonchev–Trinajstić information content (AvgIpc) is 3.18. The molecule has 2 N–H and O–H groups in total. The van der Waals surface area contributed by atoms with Crippen molar-refractivity contribution in [3.63, 3.8) is 0 Å². The Morgan fingerprint density at radius 3 is 2.21 bits per heavy atom. The smallest absolute Gasteiger partial charge is 0.368 e. The summed E-state index contributed by atoms with van der Waals surface area (Å²) in [5, 5.41) is 25.3. The maximum absolute atomic E-state index is 10.3. The highest BCUT2D eigenvalue weighted by molar-refractivity contribution is 5.92. The number of hydrogen-bond acceptors (Lipinski definition) is 6. The van der Waals surface area contributed by atoms with E-state index in [1.807, 2.05) is 6.20 Å². The molecule has 9 nitrogen and oxygen atoms in total. The van der Waals surface area contributed by atoms with Gasteiger partial charge in [0.15, 0.2) is 0 Å². The Hall–Kier alpha value is -3.46. The van der Waals surface area contributed by atoms with Crippen LogP contribution in [0.2, 0.25) is 0 Å². The van der Waals surface area contributed by atoms with Crippen LogP contribution in [0.4, 0.5) is 5.69 Å². The third-order valence-electron chi connectivity index (χ3n) is 4.53. The zero-order valence-corrected chi connectivity index (χ0v) is 15.2. The number of aromatic nitrogens is 1. The summed E-state index contributed by atoms with van der Waals surface area (Å²) in [4.78, 5) is 24.5. The fourth-order valence-electron chi connectivity index (χ4n) is 3.20. The minimum atomic E-state index is -1.86. The van der Waals surface area contributed by atoms with Gasteiger partial charge in [0.05, 0.1) is 0 Å². The minimum absolute atomic E-state index is 0.0810. The number of anilines is 1. The van der Waals surface area contributed by atoms with Gasteiger partial charge in [0.25, 0.3) is 0 Å². The van der Waals surface area contributed by atoms with Gasteiger partial charge < -0.3 is 15.2 Å². The SMILES string of the molecule is O=[N+]([O-])C(c1ccccc1)[N+](=O)[O-].c1cc(N2CCNCC2)c2cc[nH]c2c1. The lowest BCUT2D eigenvalue weighted by Gasteiger charge is -2.30. The molecule has 0 saturated carbocycles. The molecule has 4 rings (SSSR count). The van der Waals surface area contributed by atoms with Crippen LogP contribution in [-0.2, 0) is 0 Å². The van der Waals surface area contributed by atoms with Crippen molar-refractivity contribution >= 4 is 16.6 Å². The van der Waals surface area contributed by atoms with E-state index in [2.05, 4.69) is 39.5 Å². The van der Waals surface area contributed by atoms with Crippen molar-refractivity contribution < 1.29 is 9.85 Å². The molecule has 3 aromatic rings. The highest BCUT2D eigenvalue weighted by Crippen LogP contribution is 2.26. The Morgan fingerprint density at radius 2 is 1.57 bits per heavy atom. The summed E-state index contributed by atoms with van der Waals surface area (Å²) >= 11 is 0. The number of H-pyrrole nitrogens is 1. The molecular formula is C19H21N5O4. The summed E-state index contributed by atoms with van der Waals surface area (Å²) < 4.78 is 0. The summed E-state index contributed by atoms with van der Waals surface area (Å²) in [6.07, 6.45) is 0.150. The first kappa shape index (κ1) is 19.3. The van der Waals surface area contributed by atoms with E-state index >= 15 is 0 Å². The first-order valence-electron chi connectivity index (χ1n) is 8.91. The fourth-order valence-corrected chi connectivity index (χ4v) is 3.20. The van der Waals surface area contributed by atoms with Crippen LogP contribution < -0.4 is 10.2 Å². The number of rotatable bonds is 4. The molecule has 1 aromatic heterocycles. The number of nitro groups is 2. The number of piperazine rings is 1. The van der Waals surface area contributed by atoms with Gasteiger partial charge in [0.1, 0.15) is 15.4 Å². The molecule has 1 aliphatic rings. The predicted octanol–water partition coefficient (Wildman–Crippen LogP) is 2.82. The summed E-state index contributed by atoms with van der Waals surface area (Å²) in [5.41, 5.74) is 2.67. The van der Waals surface area contributed by atoms with Crippen molar-refractivity contribution in [1.29, 1.82) is 0 Å². The standard InChI is InChI=1S/C12H15N3.C7H6N2O4/c1-2-11-10(4-5-14-11)12(3-1)15-8-6-13-7-9-15;10-8(11)7(9(12)13)6-4-2-1-3-5-6/h1-5,13-14H,6-9H2;1-5,7H. The molecule has 0 unspecified atom stereocenters. The van der Waals surface area contributed by atoms with Gasteiger partial charge in [0, 0.05) is 49.0 Å². The Kier molecular flexibility index (Phi) is 6.18. The molecule has 1 aliphatic heterocycles. The van der Waals surface area contributed by atoms with Crippen LogP contribution >= 0.6 is 0 Å². The highest BCUT2D eigenvalue weighted by atomic mass is 16.7. The number of fused-ring (bicyclic) bond motifs is 1. The third-order valence-corrected chi connectivity index (χ3v) is 4.53. The van der Waals surface area contributed by atoms with E-state index in [1.54, 1.807) is 6.07 Å². The molecule has 1 fully saturated rings. The Balaban J connectivity index is 0.000000163. The van der Waals surface area contributed by atoms with Crippen molar-refractivity contribution in [3.8, 4) is 0 Å². The molecule has 2 heterocycles. The van der Waals surface area contributed by atoms with Crippen LogP contribution in [0.1, 0.15) is 11.7 Å². The van der Waals surface area contributed by atoms with Crippen molar-refractivity contribution in [1.82, 2.24) is 10.3 Å². The summed E-state index contributed by atoms with van der Waals surface area (Å²) in [5.74, 6) is 0. The monoisotopic (exact) mass is 383 g/mol. The van der Waals surface area contributed by atoms with Gasteiger partial charge in [-0.15, -0.1) is 0 Å². The first-order valence-corrected chi connectivity index (χ1v) is 8.91. The van der Waals surface area contributed by atoms with Crippen molar-refractivity contribution in [2.24, 2.45) is 0 Å². The third kappa shape index (κ3) is 4.44. The van der Waals surface area contributed by atoms with E-state index in [4.69, 9.17) is 0 Å². The van der Waals surface area contributed by atoms with E-state index in [-0.39, 0.29) is 5.56 Å². The normalized spacial score (nSPS) is 13.8. The van der Waals surface area contributed by atoms with Crippen LogP contribution in [0, 0.1) is 20.2 Å². The Morgan fingerprint density at radius 1 is 0.893 bits per heavy atom. The molecule has 0 bridgehead atoms. The van der Waals surface area contributed by atoms with E-state index in [0.29, 0.717) is 0 Å². The van der Waals surface area contributed by atoms with E-state index in [1.165, 1.54) is 40.9 Å². The van der Waals surface area contributed by atoms with Crippen molar-refractivity contribution in [3.05, 3.63) is 86.6 Å². The molecule has 9 heteroatoms. The summed E-state index contributed by atoms with van der Waals surface area (Å²) in [7, 11) is 0. The molecule has 1 saturated heterocycles. The van der Waals surface area contributed by atoms with Gasteiger partial charge in [-0.05, 0) is 30.3 Å². The van der Waals surface area contributed by atoms with Gasteiger partial charge in [0.2, 0.25) is 0 Å². The first-order chi connectivity index (χ1) is 13.6. The van der Waals surface area contributed by atoms with Gasteiger partial charge in [-0.3, -0.25) is 20.2 Å². The number of aromatic amines is 1. The number of hydrogen-bond donors (Lipinski definition) is 2. The molecule has 0 atom stereocenters. The Labute approximate surface area is 161 Å². The molecule has 0 aliphatic carbocycles. The second-order valence-corrected chi connectivity index (χ2v) is 6.31. The molecule has 0 radical (unpaired) electrons. The van der Waals surface area contributed by atoms with Crippen molar-refractivity contribution in [2.45, 2.75) is 6.17 Å². The fraction of sp³-hybridized carbons (Fsp3) is 0.263. The van der Waals surface area contributed by atoms with Gasteiger partial charge in [-0.1, -0.05) is 24.3 Å². The molecule has 2 aromatic carbocycles. The van der Waals surface area contributed by atoms with E-state index in [9.17, 15) is 20.2 Å². The average molecular weight is 383 g/mol. The van der Waals surface area contributed by atoms with Crippen LogP contribution in [-0.4, -0.2) is 41.0 Å².